The minimum absolute atomic E-state index is 0.130. The number of hydrogen-bond donors (Lipinski definition) is 0. The first-order chi connectivity index (χ1) is 11.1. The summed E-state index contributed by atoms with van der Waals surface area (Å²) in [6.45, 7) is 3.84. The van der Waals surface area contributed by atoms with Gasteiger partial charge in [0.2, 0.25) is 0 Å². The number of benzene rings is 1. The van der Waals surface area contributed by atoms with Gasteiger partial charge in [0.25, 0.3) is 5.91 Å². The molecule has 0 aliphatic carbocycles. The highest BCUT2D eigenvalue weighted by Crippen LogP contribution is 2.37. The van der Waals surface area contributed by atoms with E-state index in [0.29, 0.717) is 36.8 Å². The lowest BCUT2D eigenvalue weighted by Gasteiger charge is -2.15. The fraction of sp³-hybridized carbons (Fsp3) is 0.412. The van der Waals surface area contributed by atoms with E-state index in [1.54, 1.807) is 24.2 Å². The van der Waals surface area contributed by atoms with Gasteiger partial charge in [0.15, 0.2) is 11.5 Å². The molecule has 1 saturated heterocycles. The number of hydrogen-bond acceptors (Lipinski definition) is 4. The zero-order valence-electron chi connectivity index (χ0n) is 13.3. The molecule has 1 aromatic rings. The van der Waals surface area contributed by atoms with Gasteiger partial charge in [-0.3, -0.25) is 4.79 Å². The fourth-order valence-electron chi connectivity index (χ4n) is 2.51. The van der Waals surface area contributed by atoms with Crippen molar-refractivity contribution in [1.29, 1.82) is 5.26 Å². The highest BCUT2D eigenvalue weighted by atomic mass is 79.9. The SMILES string of the molecule is CCOc1c(Br)cc(/C=C(\C#N)C(=O)N2CCCC2)cc1OC. The maximum atomic E-state index is 12.4. The van der Waals surface area contributed by atoms with Crippen LogP contribution >= 0.6 is 15.9 Å². The minimum Gasteiger partial charge on any atom is -0.493 e. The molecule has 1 aliphatic heterocycles. The summed E-state index contributed by atoms with van der Waals surface area (Å²) in [5, 5.41) is 9.32. The van der Waals surface area contributed by atoms with Gasteiger partial charge in [-0.05, 0) is 59.5 Å². The number of carbonyl (C=O) groups is 1. The summed E-state index contributed by atoms with van der Waals surface area (Å²) >= 11 is 3.44. The Morgan fingerprint density at radius 3 is 2.70 bits per heavy atom. The third-order valence-corrected chi connectivity index (χ3v) is 4.18. The molecule has 0 atom stereocenters. The Labute approximate surface area is 144 Å². The van der Waals surface area contributed by atoms with E-state index in [1.165, 1.54) is 0 Å². The first-order valence-corrected chi connectivity index (χ1v) is 8.31. The highest BCUT2D eigenvalue weighted by Gasteiger charge is 2.21. The smallest absolute Gasteiger partial charge is 0.264 e. The molecule has 6 heteroatoms. The summed E-state index contributed by atoms with van der Waals surface area (Å²) in [6.07, 6.45) is 3.57. The van der Waals surface area contributed by atoms with Crippen LogP contribution in [0.4, 0.5) is 0 Å². The average Bonchev–Trinajstić information content (AvgIpc) is 3.08. The summed E-state index contributed by atoms with van der Waals surface area (Å²) in [4.78, 5) is 14.1. The van der Waals surface area contributed by atoms with Gasteiger partial charge in [-0.1, -0.05) is 0 Å². The molecular weight excluding hydrogens is 360 g/mol. The van der Waals surface area contributed by atoms with Crippen LogP contribution in [0, 0.1) is 11.3 Å². The number of amides is 1. The zero-order valence-corrected chi connectivity index (χ0v) is 14.9. The number of rotatable bonds is 5. The topological polar surface area (TPSA) is 62.6 Å². The lowest BCUT2D eigenvalue weighted by atomic mass is 10.1. The van der Waals surface area contributed by atoms with Crippen molar-refractivity contribution in [3.63, 3.8) is 0 Å². The lowest BCUT2D eigenvalue weighted by Crippen LogP contribution is -2.28. The Kier molecular flexibility index (Phi) is 6.05. The maximum Gasteiger partial charge on any atom is 0.264 e. The molecule has 23 heavy (non-hydrogen) atoms. The summed E-state index contributed by atoms with van der Waals surface area (Å²) in [6, 6.07) is 5.57. The van der Waals surface area contributed by atoms with Gasteiger partial charge in [0.1, 0.15) is 11.6 Å². The van der Waals surface area contributed by atoms with E-state index in [-0.39, 0.29) is 11.5 Å². The van der Waals surface area contributed by atoms with Gasteiger partial charge in [0.05, 0.1) is 18.2 Å². The van der Waals surface area contributed by atoms with E-state index in [0.717, 1.165) is 17.3 Å². The van der Waals surface area contributed by atoms with Crippen LogP contribution in [0.2, 0.25) is 0 Å². The molecule has 0 unspecified atom stereocenters. The van der Waals surface area contributed by atoms with Crippen LogP contribution in [0.3, 0.4) is 0 Å². The molecule has 0 radical (unpaired) electrons. The number of nitriles is 1. The van der Waals surface area contributed by atoms with Crippen LogP contribution in [0.15, 0.2) is 22.2 Å². The standard InChI is InChI=1S/C17H19BrN2O3/c1-3-23-16-14(18)9-12(10-15(16)22-2)8-13(11-19)17(21)20-6-4-5-7-20/h8-10H,3-7H2,1-2H3/b13-8+. The van der Waals surface area contributed by atoms with Crippen molar-refractivity contribution < 1.29 is 14.3 Å². The van der Waals surface area contributed by atoms with Crippen LogP contribution < -0.4 is 9.47 Å². The van der Waals surface area contributed by atoms with Crippen molar-refractivity contribution in [3.8, 4) is 17.6 Å². The molecule has 122 valence electrons. The third kappa shape index (κ3) is 4.05. The second kappa shape index (κ2) is 8.02. The summed E-state index contributed by atoms with van der Waals surface area (Å²) in [5.74, 6) is 0.948. The summed E-state index contributed by atoms with van der Waals surface area (Å²) in [7, 11) is 1.55. The normalized spacial score (nSPS) is 14.5. The van der Waals surface area contributed by atoms with Crippen LogP contribution in [-0.4, -0.2) is 37.6 Å². The van der Waals surface area contributed by atoms with E-state index in [2.05, 4.69) is 15.9 Å². The molecule has 5 nitrogen and oxygen atoms in total. The quantitative estimate of drug-likeness (QED) is 0.581. The number of ether oxygens (including phenoxy) is 2. The molecule has 0 spiro atoms. The van der Waals surface area contributed by atoms with Crippen LogP contribution in [0.5, 0.6) is 11.5 Å². The Balaban J connectivity index is 2.34. The first kappa shape index (κ1) is 17.4. The van der Waals surface area contributed by atoms with Gasteiger partial charge in [-0.15, -0.1) is 0 Å². The Morgan fingerprint density at radius 2 is 2.13 bits per heavy atom. The number of carbonyl (C=O) groups excluding carboxylic acids is 1. The average molecular weight is 379 g/mol. The van der Waals surface area contributed by atoms with E-state index in [9.17, 15) is 10.1 Å². The molecule has 0 saturated carbocycles. The minimum atomic E-state index is -0.214. The predicted molar refractivity (Wildman–Crippen MR) is 91.3 cm³/mol. The second-order valence-electron chi connectivity index (χ2n) is 5.14. The first-order valence-electron chi connectivity index (χ1n) is 7.52. The monoisotopic (exact) mass is 378 g/mol. The highest BCUT2D eigenvalue weighted by molar-refractivity contribution is 9.10. The van der Waals surface area contributed by atoms with Crippen LogP contribution in [-0.2, 0) is 4.79 Å². The molecule has 1 amide bonds. The van der Waals surface area contributed by atoms with Crippen molar-refractivity contribution in [2.45, 2.75) is 19.8 Å². The molecule has 1 aliphatic rings. The summed E-state index contributed by atoms with van der Waals surface area (Å²) < 4.78 is 11.6. The van der Waals surface area contributed by atoms with Crippen molar-refractivity contribution in [3.05, 3.63) is 27.7 Å². The van der Waals surface area contributed by atoms with E-state index >= 15 is 0 Å². The van der Waals surface area contributed by atoms with Gasteiger partial charge in [-0.2, -0.15) is 5.26 Å². The lowest BCUT2D eigenvalue weighted by molar-refractivity contribution is -0.125. The van der Waals surface area contributed by atoms with Crippen molar-refractivity contribution in [2.24, 2.45) is 0 Å². The van der Waals surface area contributed by atoms with Crippen molar-refractivity contribution in [1.82, 2.24) is 4.90 Å². The van der Waals surface area contributed by atoms with Crippen molar-refractivity contribution in [2.75, 3.05) is 26.8 Å². The molecule has 1 aromatic carbocycles. The number of halogens is 1. The van der Waals surface area contributed by atoms with Gasteiger partial charge >= 0.3 is 0 Å². The third-order valence-electron chi connectivity index (χ3n) is 3.60. The molecule has 1 heterocycles. The van der Waals surface area contributed by atoms with E-state index in [4.69, 9.17) is 9.47 Å². The number of nitrogens with zero attached hydrogens (tertiary/aromatic N) is 2. The number of methoxy groups -OCH3 is 1. The predicted octanol–water partition coefficient (Wildman–Crippen LogP) is 3.39. The summed E-state index contributed by atoms with van der Waals surface area (Å²) in [5.41, 5.74) is 0.839. The zero-order chi connectivity index (χ0) is 16.8. The molecular formula is C17H19BrN2O3. The Morgan fingerprint density at radius 1 is 1.43 bits per heavy atom. The van der Waals surface area contributed by atoms with Gasteiger partial charge in [-0.25, -0.2) is 0 Å². The van der Waals surface area contributed by atoms with Crippen LogP contribution in [0.25, 0.3) is 6.08 Å². The molecule has 0 bridgehead atoms. The van der Waals surface area contributed by atoms with Crippen molar-refractivity contribution >= 4 is 27.9 Å². The fourth-order valence-corrected chi connectivity index (χ4v) is 3.08. The van der Waals surface area contributed by atoms with Gasteiger partial charge < -0.3 is 14.4 Å². The molecule has 2 rings (SSSR count). The molecule has 1 fully saturated rings. The largest absolute Gasteiger partial charge is 0.493 e. The maximum absolute atomic E-state index is 12.4. The second-order valence-corrected chi connectivity index (χ2v) is 5.99. The van der Waals surface area contributed by atoms with Crippen LogP contribution in [0.1, 0.15) is 25.3 Å². The molecule has 0 aromatic heterocycles. The van der Waals surface area contributed by atoms with E-state index < -0.39 is 0 Å². The Bertz CT molecular complexity index is 659. The molecule has 0 N–H and O–H groups in total. The Hall–Kier alpha value is -2.00. The van der Waals surface area contributed by atoms with Gasteiger partial charge in [0, 0.05) is 13.1 Å². The number of likely N-dealkylation sites (tertiary alicyclic amines) is 1. The van der Waals surface area contributed by atoms with E-state index in [1.807, 2.05) is 19.1 Å².